The first-order chi connectivity index (χ1) is 15.4. The van der Waals surface area contributed by atoms with Crippen molar-refractivity contribution in [3.8, 4) is 22.4 Å². The van der Waals surface area contributed by atoms with Crippen LogP contribution in [0.5, 0.6) is 0 Å². The van der Waals surface area contributed by atoms with Crippen molar-refractivity contribution in [3.63, 3.8) is 0 Å². The van der Waals surface area contributed by atoms with Crippen molar-refractivity contribution in [3.05, 3.63) is 83.7 Å². The largest absolute Gasteiger partial charge is 0.437 e. The number of pyridine rings is 2. The van der Waals surface area contributed by atoms with Gasteiger partial charge in [-0.25, -0.2) is 4.98 Å². The van der Waals surface area contributed by atoms with Crippen LogP contribution in [0.4, 0.5) is 0 Å². The number of hydrogen-bond donors (Lipinski definition) is 0. The molecule has 2 aromatic carbocycles. The van der Waals surface area contributed by atoms with E-state index in [0.717, 1.165) is 44.4 Å². The Balaban J connectivity index is 1.66. The van der Waals surface area contributed by atoms with E-state index in [4.69, 9.17) is 14.4 Å². The average Bonchev–Trinajstić information content (AvgIpc) is 3.16. The molecule has 160 valence electrons. The minimum Gasteiger partial charge on any atom is -0.437 e. The summed E-state index contributed by atoms with van der Waals surface area (Å²) in [7, 11) is 0. The van der Waals surface area contributed by atoms with E-state index in [1.807, 2.05) is 6.20 Å². The Kier molecular flexibility index (Phi) is 5.05. The number of nitrogens with zero attached hydrogens (tertiary/aromatic N) is 2. The molecule has 3 aromatic heterocycles. The molecule has 0 radical (unpaired) electrons. The fourth-order valence-corrected chi connectivity index (χ4v) is 4.28. The lowest BCUT2D eigenvalue weighted by Gasteiger charge is -2.10. The molecule has 0 aliphatic rings. The van der Waals surface area contributed by atoms with Gasteiger partial charge in [-0.1, -0.05) is 64.1 Å². The third-order valence-corrected chi connectivity index (χ3v) is 6.26. The molecule has 0 unspecified atom stereocenters. The Bertz CT molecular complexity index is 1430. The van der Waals surface area contributed by atoms with Gasteiger partial charge < -0.3 is 4.42 Å². The SMILES string of the molecule is Cc1ccc2c(oc3nc(C(C)C)ccc32)c1-c1cc(-c2ccc(C(C)C)cc2)ccn1. The summed E-state index contributed by atoms with van der Waals surface area (Å²) in [5.41, 5.74) is 9.37. The zero-order valence-corrected chi connectivity index (χ0v) is 19.3. The molecule has 0 aliphatic carbocycles. The lowest BCUT2D eigenvalue weighted by Crippen LogP contribution is -1.90. The van der Waals surface area contributed by atoms with Crippen LogP contribution in [0, 0.1) is 6.92 Å². The van der Waals surface area contributed by atoms with Gasteiger partial charge in [-0.05, 0) is 65.3 Å². The lowest BCUT2D eigenvalue weighted by molar-refractivity contribution is 0.648. The molecule has 5 rings (SSSR count). The van der Waals surface area contributed by atoms with Gasteiger partial charge in [0.25, 0.3) is 0 Å². The minimum absolute atomic E-state index is 0.356. The zero-order chi connectivity index (χ0) is 22.4. The maximum absolute atomic E-state index is 6.35. The molecule has 0 spiro atoms. The second kappa shape index (κ2) is 7.90. The third kappa shape index (κ3) is 3.48. The van der Waals surface area contributed by atoms with E-state index < -0.39 is 0 Å². The van der Waals surface area contributed by atoms with Crippen LogP contribution in [0.15, 0.2) is 71.3 Å². The number of benzene rings is 2. The number of fused-ring (bicyclic) bond motifs is 3. The highest BCUT2D eigenvalue weighted by molar-refractivity contribution is 6.09. The molecule has 32 heavy (non-hydrogen) atoms. The fourth-order valence-electron chi connectivity index (χ4n) is 4.28. The molecule has 0 amide bonds. The van der Waals surface area contributed by atoms with E-state index in [-0.39, 0.29) is 0 Å². The van der Waals surface area contributed by atoms with Crippen molar-refractivity contribution in [2.24, 2.45) is 0 Å². The monoisotopic (exact) mass is 420 g/mol. The molecular formula is C29H28N2O. The fraction of sp³-hybridized carbons (Fsp3) is 0.241. The number of furan rings is 1. The van der Waals surface area contributed by atoms with Crippen molar-refractivity contribution >= 4 is 22.1 Å². The maximum Gasteiger partial charge on any atom is 0.227 e. The zero-order valence-electron chi connectivity index (χ0n) is 19.3. The topological polar surface area (TPSA) is 38.9 Å². The molecule has 0 N–H and O–H groups in total. The van der Waals surface area contributed by atoms with Crippen molar-refractivity contribution in [1.29, 1.82) is 0 Å². The smallest absolute Gasteiger partial charge is 0.227 e. The van der Waals surface area contributed by atoms with Gasteiger partial charge in [-0.2, -0.15) is 0 Å². The lowest BCUT2D eigenvalue weighted by atomic mass is 9.96. The molecule has 5 aromatic rings. The second-order valence-electron chi connectivity index (χ2n) is 9.19. The van der Waals surface area contributed by atoms with E-state index in [2.05, 4.69) is 95.3 Å². The average molecular weight is 421 g/mol. The van der Waals surface area contributed by atoms with Gasteiger partial charge in [0.05, 0.1) is 5.69 Å². The highest BCUT2D eigenvalue weighted by Crippen LogP contribution is 2.38. The third-order valence-electron chi connectivity index (χ3n) is 6.26. The Morgan fingerprint density at radius 1 is 0.750 bits per heavy atom. The van der Waals surface area contributed by atoms with Crippen LogP contribution < -0.4 is 0 Å². The van der Waals surface area contributed by atoms with Crippen molar-refractivity contribution in [2.75, 3.05) is 0 Å². The first-order valence-corrected chi connectivity index (χ1v) is 11.3. The van der Waals surface area contributed by atoms with Gasteiger partial charge in [0.15, 0.2) is 0 Å². The van der Waals surface area contributed by atoms with Crippen LogP contribution in [-0.2, 0) is 0 Å². The molecule has 3 heterocycles. The predicted octanol–water partition coefficient (Wildman–Crippen LogP) is 8.27. The van der Waals surface area contributed by atoms with Crippen LogP contribution in [0.2, 0.25) is 0 Å². The van der Waals surface area contributed by atoms with E-state index >= 15 is 0 Å². The Morgan fingerprint density at radius 2 is 1.50 bits per heavy atom. The van der Waals surface area contributed by atoms with Gasteiger partial charge in [-0.15, -0.1) is 0 Å². The summed E-state index contributed by atoms with van der Waals surface area (Å²) in [4.78, 5) is 9.50. The Hall–Kier alpha value is -3.46. The summed E-state index contributed by atoms with van der Waals surface area (Å²) < 4.78 is 6.35. The van der Waals surface area contributed by atoms with Crippen molar-refractivity contribution < 1.29 is 4.42 Å². The van der Waals surface area contributed by atoms with Crippen molar-refractivity contribution in [1.82, 2.24) is 9.97 Å². The van der Waals surface area contributed by atoms with E-state index in [9.17, 15) is 0 Å². The molecule has 0 saturated heterocycles. The summed E-state index contributed by atoms with van der Waals surface area (Å²) >= 11 is 0. The van der Waals surface area contributed by atoms with E-state index in [1.165, 1.54) is 11.1 Å². The van der Waals surface area contributed by atoms with Crippen LogP contribution in [0.3, 0.4) is 0 Å². The number of hydrogen-bond acceptors (Lipinski definition) is 3. The molecule has 0 aliphatic heterocycles. The first kappa shape index (κ1) is 20.4. The maximum atomic E-state index is 6.35. The van der Waals surface area contributed by atoms with E-state index in [0.29, 0.717) is 17.5 Å². The summed E-state index contributed by atoms with van der Waals surface area (Å²) in [6, 6.07) is 21.5. The van der Waals surface area contributed by atoms with Gasteiger partial charge in [0.1, 0.15) is 5.58 Å². The first-order valence-electron chi connectivity index (χ1n) is 11.3. The Morgan fingerprint density at radius 3 is 2.22 bits per heavy atom. The van der Waals surface area contributed by atoms with Gasteiger partial charge in [0, 0.05) is 28.2 Å². The molecule has 3 heteroatoms. The molecular weight excluding hydrogens is 392 g/mol. The molecule has 0 saturated carbocycles. The Labute approximate surface area is 189 Å². The van der Waals surface area contributed by atoms with Gasteiger partial charge >= 0.3 is 0 Å². The second-order valence-corrected chi connectivity index (χ2v) is 9.19. The summed E-state index contributed by atoms with van der Waals surface area (Å²) in [5.74, 6) is 0.879. The molecule has 0 fully saturated rings. The van der Waals surface area contributed by atoms with Crippen molar-refractivity contribution in [2.45, 2.75) is 46.5 Å². The van der Waals surface area contributed by atoms with Crippen LogP contribution >= 0.6 is 0 Å². The highest BCUT2D eigenvalue weighted by Gasteiger charge is 2.17. The summed E-state index contributed by atoms with van der Waals surface area (Å²) in [6.45, 7) is 10.8. The number of aromatic nitrogens is 2. The summed E-state index contributed by atoms with van der Waals surface area (Å²) in [6.07, 6.45) is 1.89. The number of rotatable bonds is 4. The predicted molar refractivity (Wildman–Crippen MR) is 133 cm³/mol. The molecule has 0 atom stereocenters. The van der Waals surface area contributed by atoms with Gasteiger partial charge in [-0.3, -0.25) is 4.98 Å². The summed E-state index contributed by atoms with van der Waals surface area (Å²) in [5, 5.41) is 2.13. The van der Waals surface area contributed by atoms with Gasteiger partial charge in [0.2, 0.25) is 5.71 Å². The standard InChI is InChI=1S/C29H28N2O/c1-17(2)20-7-9-21(10-8-20)22-14-15-30-26(16-22)27-19(5)6-11-23-24-12-13-25(18(3)4)31-29(24)32-28(23)27/h6-18H,1-5H3. The molecule has 0 bridgehead atoms. The highest BCUT2D eigenvalue weighted by atomic mass is 16.3. The minimum atomic E-state index is 0.356. The van der Waals surface area contributed by atoms with Crippen LogP contribution in [-0.4, -0.2) is 9.97 Å². The van der Waals surface area contributed by atoms with Crippen LogP contribution in [0.1, 0.15) is 56.4 Å². The number of aryl methyl sites for hydroxylation is 1. The van der Waals surface area contributed by atoms with E-state index in [1.54, 1.807) is 0 Å². The van der Waals surface area contributed by atoms with Crippen LogP contribution in [0.25, 0.3) is 44.5 Å². The normalized spacial score (nSPS) is 11.8. The quantitative estimate of drug-likeness (QED) is 0.294. The molecule has 3 nitrogen and oxygen atoms in total.